The number of fused-ring (bicyclic) bond motifs is 1. The smallest absolute Gasteiger partial charge is 0.405 e. The van der Waals surface area contributed by atoms with Gasteiger partial charge in [-0.05, 0) is 31.4 Å². The van der Waals surface area contributed by atoms with E-state index in [-0.39, 0.29) is 5.56 Å². The third kappa shape index (κ3) is 4.76. The molecule has 9 nitrogen and oxygen atoms in total. The molecule has 0 bridgehead atoms. The number of benzene rings is 2. The van der Waals surface area contributed by atoms with E-state index in [4.69, 9.17) is 38.4 Å². The van der Waals surface area contributed by atoms with Gasteiger partial charge in [-0.2, -0.15) is 10.1 Å². The predicted octanol–water partition coefficient (Wildman–Crippen LogP) is 4.78. The van der Waals surface area contributed by atoms with Crippen molar-refractivity contribution in [1.82, 2.24) is 24.6 Å². The van der Waals surface area contributed by atoms with Gasteiger partial charge in [-0.1, -0.05) is 65.7 Å². The summed E-state index contributed by atoms with van der Waals surface area (Å²) in [6.45, 7) is 3.39. The number of anilines is 1. The maximum atomic E-state index is 13.8. The minimum atomic E-state index is -1.04. The third-order valence-corrected chi connectivity index (χ3v) is 7.72. The first-order valence-corrected chi connectivity index (χ1v) is 12.6. The van der Waals surface area contributed by atoms with Crippen molar-refractivity contribution in [3.63, 3.8) is 0 Å². The van der Waals surface area contributed by atoms with Gasteiger partial charge < -0.3 is 15.3 Å². The zero-order valence-electron chi connectivity index (χ0n) is 20.4. The number of piperidine rings is 1. The van der Waals surface area contributed by atoms with E-state index < -0.39 is 11.6 Å². The lowest BCUT2D eigenvalue weighted by Crippen LogP contribution is -2.53. The average molecular weight is 541 g/mol. The Labute approximate surface area is 223 Å². The highest BCUT2D eigenvalue weighted by molar-refractivity contribution is 6.43. The number of aromatic nitrogens is 4. The van der Waals surface area contributed by atoms with Crippen LogP contribution < -0.4 is 15.8 Å². The molecule has 1 amide bonds. The zero-order chi connectivity index (χ0) is 26.3. The number of halogens is 2. The van der Waals surface area contributed by atoms with Crippen LogP contribution in [0.25, 0.3) is 22.3 Å². The highest BCUT2D eigenvalue weighted by atomic mass is 35.5. The number of carboxylic acid groups (broad SMARTS) is 1. The molecule has 0 atom stereocenters. The van der Waals surface area contributed by atoms with E-state index in [1.54, 1.807) is 23.9 Å². The van der Waals surface area contributed by atoms with E-state index in [9.17, 15) is 9.59 Å². The van der Waals surface area contributed by atoms with E-state index in [1.807, 2.05) is 48.2 Å². The quantitative estimate of drug-likeness (QED) is 0.377. The summed E-state index contributed by atoms with van der Waals surface area (Å²) in [5.41, 5.74) is 1.71. The van der Waals surface area contributed by atoms with Gasteiger partial charge in [0.1, 0.15) is 5.39 Å². The fraction of sp³-hybridized carbons (Fsp3) is 0.308. The van der Waals surface area contributed by atoms with Gasteiger partial charge in [0.2, 0.25) is 5.95 Å². The monoisotopic (exact) mass is 540 g/mol. The molecule has 11 heteroatoms. The first-order valence-electron chi connectivity index (χ1n) is 11.9. The van der Waals surface area contributed by atoms with Crippen LogP contribution in [0.3, 0.4) is 0 Å². The molecule has 4 aromatic rings. The van der Waals surface area contributed by atoms with Crippen LogP contribution in [0.5, 0.6) is 0 Å². The molecular formula is C26H26Cl2N6O3. The summed E-state index contributed by atoms with van der Waals surface area (Å²) in [6, 6.07) is 15.1. The Bertz CT molecular complexity index is 1540. The highest BCUT2D eigenvalue weighted by Crippen LogP contribution is 2.37. The number of amides is 1. The summed E-state index contributed by atoms with van der Waals surface area (Å²) < 4.78 is 3.27. The Morgan fingerprint density at radius 2 is 1.81 bits per heavy atom. The number of rotatable bonds is 5. The van der Waals surface area contributed by atoms with Gasteiger partial charge >= 0.3 is 6.09 Å². The van der Waals surface area contributed by atoms with Gasteiger partial charge in [0.15, 0.2) is 5.65 Å². The molecule has 192 valence electrons. The molecule has 1 aliphatic rings. The Balaban J connectivity index is 1.63. The summed E-state index contributed by atoms with van der Waals surface area (Å²) in [5, 5.41) is 17.6. The highest BCUT2D eigenvalue weighted by Gasteiger charge is 2.33. The summed E-state index contributed by atoms with van der Waals surface area (Å²) in [5.74, 6) is 0.489. The normalized spacial score (nSPS) is 15.2. The van der Waals surface area contributed by atoms with E-state index >= 15 is 0 Å². The molecule has 0 aliphatic carbocycles. The van der Waals surface area contributed by atoms with Crippen LogP contribution >= 0.6 is 23.2 Å². The van der Waals surface area contributed by atoms with Gasteiger partial charge in [0, 0.05) is 31.2 Å². The minimum Gasteiger partial charge on any atom is -0.465 e. The first-order chi connectivity index (χ1) is 17.7. The van der Waals surface area contributed by atoms with Crippen LogP contribution in [-0.2, 0) is 13.6 Å². The molecule has 1 aliphatic heterocycles. The van der Waals surface area contributed by atoms with Gasteiger partial charge in [-0.25, -0.2) is 4.79 Å². The van der Waals surface area contributed by atoms with Crippen LogP contribution in [0.2, 0.25) is 10.0 Å². The minimum absolute atomic E-state index is 0.248. The van der Waals surface area contributed by atoms with Crippen molar-refractivity contribution >= 4 is 46.3 Å². The fourth-order valence-corrected chi connectivity index (χ4v) is 5.24. The topological polar surface area (TPSA) is 105 Å². The van der Waals surface area contributed by atoms with Gasteiger partial charge in [0.25, 0.3) is 5.56 Å². The van der Waals surface area contributed by atoms with Crippen molar-refractivity contribution < 1.29 is 9.90 Å². The molecule has 0 radical (unpaired) electrons. The Hall–Kier alpha value is -3.56. The first kappa shape index (κ1) is 25.1. The predicted molar refractivity (Wildman–Crippen MR) is 145 cm³/mol. The van der Waals surface area contributed by atoms with Crippen LogP contribution in [0.4, 0.5) is 10.7 Å². The van der Waals surface area contributed by atoms with Crippen LogP contribution in [0.15, 0.2) is 53.3 Å². The molecule has 5 rings (SSSR count). The Kier molecular flexibility index (Phi) is 6.59. The lowest BCUT2D eigenvalue weighted by molar-refractivity contribution is 0.173. The molecule has 1 saturated heterocycles. The Morgan fingerprint density at radius 1 is 1.11 bits per heavy atom. The van der Waals surface area contributed by atoms with E-state index in [0.717, 1.165) is 5.56 Å². The van der Waals surface area contributed by atoms with Crippen molar-refractivity contribution in [2.75, 3.05) is 18.0 Å². The lowest BCUT2D eigenvalue weighted by Gasteiger charge is -2.39. The van der Waals surface area contributed by atoms with Crippen molar-refractivity contribution in [3.8, 4) is 11.3 Å². The largest absolute Gasteiger partial charge is 0.465 e. The number of carbonyl (C=O) groups is 1. The van der Waals surface area contributed by atoms with Crippen LogP contribution in [0.1, 0.15) is 25.3 Å². The van der Waals surface area contributed by atoms with Crippen LogP contribution in [0, 0.1) is 0 Å². The molecule has 2 aromatic carbocycles. The van der Waals surface area contributed by atoms with Crippen molar-refractivity contribution in [2.24, 2.45) is 7.05 Å². The third-order valence-electron chi connectivity index (χ3n) is 6.90. The number of hydrogen-bond acceptors (Lipinski definition) is 5. The Morgan fingerprint density at radius 3 is 2.49 bits per heavy atom. The van der Waals surface area contributed by atoms with E-state index in [0.29, 0.717) is 70.8 Å². The summed E-state index contributed by atoms with van der Waals surface area (Å²) in [7, 11) is 1.69. The molecule has 2 aromatic heterocycles. The van der Waals surface area contributed by atoms with Gasteiger partial charge in [0.05, 0.1) is 22.3 Å². The molecule has 0 spiro atoms. The number of nitrogens with one attached hydrogen (secondary N) is 1. The average Bonchev–Trinajstić information content (AvgIpc) is 3.21. The lowest BCUT2D eigenvalue weighted by atomic mass is 9.90. The second kappa shape index (κ2) is 9.72. The van der Waals surface area contributed by atoms with Crippen molar-refractivity contribution in [2.45, 2.75) is 31.8 Å². The summed E-state index contributed by atoms with van der Waals surface area (Å²) in [6.07, 6.45) is 0.122. The molecule has 37 heavy (non-hydrogen) atoms. The van der Waals surface area contributed by atoms with Crippen LogP contribution in [-0.4, -0.2) is 49.2 Å². The summed E-state index contributed by atoms with van der Waals surface area (Å²) >= 11 is 12.9. The number of hydrogen-bond donors (Lipinski definition) is 2. The van der Waals surface area contributed by atoms with Crippen molar-refractivity contribution in [3.05, 3.63) is 74.5 Å². The maximum absolute atomic E-state index is 13.8. The van der Waals surface area contributed by atoms with Crippen molar-refractivity contribution in [1.29, 1.82) is 0 Å². The molecule has 0 saturated carbocycles. The molecule has 3 heterocycles. The van der Waals surface area contributed by atoms with E-state index in [1.165, 1.54) is 4.57 Å². The van der Waals surface area contributed by atoms with Gasteiger partial charge in [-0.15, -0.1) is 0 Å². The standard InChI is InChI=1S/C26H26Cl2N6O3/c1-26(30-25(36)37)11-13-33(14-12-26)24-29-22-19(23(35)32(24)2)21(17-9-6-10-18(27)20(17)28)34(31-22)15-16-7-4-3-5-8-16/h3-10,30H,11-15H2,1-2H3,(H,36,37). The summed E-state index contributed by atoms with van der Waals surface area (Å²) in [4.78, 5) is 31.8. The molecule has 0 unspecified atom stereocenters. The fourth-order valence-electron chi connectivity index (χ4n) is 4.85. The zero-order valence-corrected chi connectivity index (χ0v) is 21.9. The van der Waals surface area contributed by atoms with Gasteiger partial charge in [-0.3, -0.25) is 14.0 Å². The molecule has 2 N–H and O–H groups in total. The molecule has 1 fully saturated rings. The SMILES string of the molecule is Cn1c(N2CCC(C)(NC(=O)O)CC2)nc2nn(Cc3ccccc3)c(-c3cccc(Cl)c3Cl)c2c1=O. The maximum Gasteiger partial charge on any atom is 0.405 e. The second-order valence-corrected chi connectivity index (χ2v) is 10.3. The molecular weight excluding hydrogens is 515 g/mol. The number of nitrogens with zero attached hydrogens (tertiary/aromatic N) is 5. The second-order valence-electron chi connectivity index (χ2n) is 9.55. The van der Waals surface area contributed by atoms with E-state index in [2.05, 4.69) is 5.32 Å².